The zero-order chi connectivity index (χ0) is 22.9. The molecule has 33 heavy (non-hydrogen) atoms. The van der Waals surface area contributed by atoms with Gasteiger partial charge in [0, 0.05) is 31.3 Å². The van der Waals surface area contributed by atoms with Crippen LogP contribution in [0.3, 0.4) is 0 Å². The quantitative estimate of drug-likeness (QED) is 0.515. The normalized spacial score (nSPS) is 23.1. The molecule has 3 heterocycles. The molecule has 0 N–H and O–H groups in total. The summed E-state index contributed by atoms with van der Waals surface area (Å²) in [5.41, 5.74) is 2.81. The second kappa shape index (κ2) is 9.12. The maximum atomic E-state index is 14.0. The van der Waals surface area contributed by atoms with Crippen LogP contribution in [0.2, 0.25) is 5.02 Å². The molecule has 1 saturated carbocycles. The molecule has 0 unspecified atom stereocenters. The maximum Gasteiger partial charge on any atom is 0.249 e. The van der Waals surface area contributed by atoms with Gasteiger partial charge in [-0.25, -0.2) is 9.45 Å². The highest BCUT2D eigenvalue weighted by atomic mass is 35.5. The van der Waals surface area contributed by atoms with Gasteiger partial charge < -0.3 is 4.57 Å². The number of rotatable bonds is 4. The molecule has 1 aromatic carbocycles. The lowest BCUT2D eigenvalue weighted by Crippen LogP contribution is -2.37. The lowest BCUT2D eigenvalue weighted by Gasteiger charge is -2.32. The highest BCUT2D eigenvalue weighted by Gasteiger charge is 2.37. The minimum absolute atomic E-state index is 0.0406. The van der Waals surface area contributed by atoms with Gasteiger partial charge in [0.05, 0.1) is 40.3 Å². The topological polar surface area (TPSA) is 71.2 Å². The van der Waals surface area contributed by atoms with Crippen molar-refractivity contribution in [2.45, 2.75) is 44.7 Å². The average Bonchev–Trinajstić information content (AvgIpc) is 3.46. The standard InChI is InChI=1S/C25H24ClFN4O2/c26-20-12-24-22(29-14-20)5-7-30(24)15-16-1-3-18(4-2-16)25(32)31-23(6-8-33-31)19-9-17(13-28)10-21(27)11-19/h5,7,9-12,14,16,18,23H,1-4,6,8,15H2/t16-,18-,23-/m0/s1. The van der Waals surface area contributed by atoms with Crippen LogP contribution in [-0.2, 0) is 16.2 Å². The van der Waals surface area contributed by atoms with Gasteiger partial charge in [0.25, 0.3) is 0 Å². The summed E-state index contributed by atoms with van der Waals surface area (Å²) in [5, 5.41) is 11.2. The van der Waals surface area contributed by atoms with Crippen molar-refractivity contribution in [3.63, 3.8) is 0 Å². The summed E-state index contributed by atoms with van der Waals surface area (Å²) < 4.78 is 16.2. The first-order valence-corrected chi connectivity index (χ1v) is 11.7. The van der Waals surface area contributed by atoms with E-state index >= 15 is 0 Å². The lowest BCUT2D eigenvalue weighted by atomic mass is 9.81. The minimum Gasteiger partial charge on any atom is -0.346 e. The Morgan fingerprint density at radius 3 is 2.82 bits per heavy atom. The molecule has 0 spiro atoms. The summed E-state index contributed by atoms with van der Waals surface area (Å²) in [4.78, 5) is 23.3. The van der Waals surface area contributed by atoms with Gasteiger partial charge in [-0.05, 0) is 67.5 Å². The predicted molar refractivity (Wildman–Crippen MR) is 121 cm³/mol. The Morgan fingerprint density at radius 1 is 1.21 bits per heavy atom. The summed E-state index contributed by atoms with van der Waals surface area (Å²) in [6, 6.07) is 9.78. The lowest BCUT2D eigenvalue weighted by molar-refractivity contribution is -0.183. The number of hydrogen-bond donors (Lipinski definition) is 0. The number of fused-ring (bicyclic) bond motifs is 1. The Hall–Kier alpha value is -2.95. The number of carbonyl (C=O) groups is 1. The van der Waals surface area contributed by atoms with Crippen LogP contribution in [0.5, 0.6) is 0 Å². The molecule has 1 saturated heterocycles. The highest BCUT2D eigenvalue weighted by molar-refractivity contribution is 6.31. The van der Waals surface area contributed by atoms with Gasteiger partial charge in [0.2, 0.25) is 5.91 Å². The molecule has 3 aromatic rings. The molecule has 8 heteroatoms. The van der Waals surface area contributed by atoms with E-state index in [0.29, 0.717) is 29.5 Å². The van der Waals surface area contributed by atoms with E-state index in [9.17, 15) is 9.18 Å². The van der Waals surface area contributed by atoms with Crippen molar-refractivity contribution < 1.29 is 14.0 Å². The van der Waals surface area contributed by atoms with Crippen molar-refractivity contribution in [2.24, 2.45) is 11.8 Å². The molecule has 5 rings (SSSR count). The number of nitrogens with zero attached hydrogens (tertiary/aromatic N) is 4. The van der Waals surface area contributed by atoms with Gasteiger partial charge >= 0.3 is 0 Å². The first kappa shape index (κ1) is 21.9. The molecule has 1 aliphatic heterocycles. The van der Waals surface area contributed by atoms with E-state index in [0.717, 1.165) is 43.3 Å². The minimum atomic E-state index is -0.474. The van der Waals surface area contributed by atoms with Crippen LogP contribution in [0, 0.1) is 29.0 Å². The molecule has 170 valence electrons. The summed E-state index contributed by atoms with van der Waals surface area (Å²) >= 11 is 6.12. The Labute approximate surface area is 196 Å². The Morgan fingerprint density at radius 2 is 2.03 bits per heavy atom. The highest BCUT2D eigenvalue weighted by Crippen LogP contribution is 2.37. The van der Waals surface area contributed by atoms with Crippen molar-refractivity contribution in [1.29, 1.82) is 5.26 Å². The number of hydrogen-bond acceptors (Lipinski definition) is 4. The second-order valence-electron chi connectivity index (χ2n) is 8.93. The van der Waals surface area contributed by atoms with Gasteiger partial charge in [-0.15, -0.1) is 0 Å². The van der Waals surface area contributed by atoms with Crippen molar-refractivity contribution in [2.75, 3.05) is 6.61 Å². The zero-order valence-corrected chi connectivity index (χ0v) is 18.8. The molecule has 2 fully saturated rings. The molecule has 2 aromatic heterocycles. The third-order valence-electron chi connectivity index (χ3n) is 6.79. The summed E-state index contributed by atoms with van der Waals surface area (Å²) in [6.07, 6.45) is 7.77. The van der Waals surface area contributed by atoms with E-state index in [1.165, 1.54) is 17.2 Å². The van der Waals surface area contributed by atoms with Crippen LogP contribution >= 0.6 is 11.6 Å². The van der Waals surface area contributed by atoms with Gasteiger partial charge in [-0.3, -0.25) is 14.6 Å². The van der Waals surface area contributed by atoms with Crippen LogP contribution < -0.4 is 0 Å². The number of halogens is 2. The number of hydroxylamine groups is 2. The molecule has 0 radical (unpaired) electrons. The van der Waals surface area contributed by atoms with E-state index in [1.807, 2.05) is 24.4 Å². The van der Waals surface area contributed by atoms with Gasteiger partial charge in [-0.2, -0.15) is 5.26 Å². The van der Waals surface area contributed by atoms with E-state index in [4.69, 9.17) is 21.7 Å². The van der Waals surface area contributed by atoms with Crippen LogP contribution in [-0.4, -0.2) is 27.1 Å². The molecule has 2 aliphatic rings. The maximum absolute atomic E-state index is 14.0. The van der Waals surface area contributed by atoms with Gasteiger partial charge in [0.1, 0.15) is 5.82 Å². The SMILES string of the molecule is N#Cc1cc(F)cc([C@@H]2CCON2C(=O)[C@H]2CC[C@H](Cn3ccc4ncc(Cl)cc43)CC2)c1. The number of benzene rings is 1. The smallest absolute Gasteiger partial charge is 0.249 e. The first-order chi connectivity index (χ1) is 16.0. The van der Waals surface area contributed by atoms with Crippen molar-refractivity contribution in [3.8, 4) is 6.07 Å². The van der Waals surface area contributed by atoms with Crippen LogP contribution in [0.1, 0.15) is 49.3 Å². The zero-order valence-electron chi connectivity index (χ0n) is 18.1. The number of pyridine rings is 1. The first-order valence-electron chi connectivity index (χ1n) is 11.3. The number of aromatic nitrogens is 2. The van der Waals surface area contributed by atoms with Gasteiger partial charge in [-0.1, -0.05) is 11.6 Å². The predicted octanol–water partition coefficient (Wildman–Crippen LogP) is 5.41. The fourth-order valence-electron chi connectivity index (χ4n) is 5.11. The van der Waals surface area contributed by atoms with Crippen molar-refractivity contribution in [3.05, 3.63) is 64.7 Å². The third-order valence-corrected chi connectivity index (χ3v) is 7.00. The van der Waals surface area contributed by atoms with Crippen LogP contribution in [0.15, 0.2) is 42.7 Å². The molecular weight excluding hydrogens is 443 g/mol. The summed E-state index contributed by atoms with van der Waals surface area (Å²) in [6.45, 7) is 1.27. The van der Waals surface area contributed by atoms with E-state index in [1.54, 1.807) is 12.3 Å². The van der Waals surface area contributed by atoms with Gasteiger partial charge in [0.15, 0.2) is 0 Å². The fraction of sp³-hybridized carbons (Fsp3) is 0.400. The Kier molecular flexibility index (Phi) is 6.05. The van der Waals surface area contributed by atoms with Crippen LogP contribution in [0.25, 0.3) is 11.0 Å². The Bertz CT molecular complexity index is 1230. The number of amides is 1. The van der Waals surface area contributed by atoms with E-state index in [2.05, 4.69) is 9.55 Å². The number of carbonyl (C=O) groups excluding carboxylic acids is 1. The molecule has 6 nitrogen and oxygen atoms in total. The molecular formula is C25H24ClFN4O2. The largest absolute Gasteiger partial charge is 0.346 e. The summed E-state index contributed by atoms with van der Waals surface area (Å²) in [5.74, 6) is -0.150. The van der Waals surface area contributed by atoms with Crippen molar-refractivity contribution in [1.82, 2.24) is 14.6 Å². The molecule has 1 amide bonds. The molecule has 0 bridgehead atoms. The van der Waals surface area contributed by atoms with E-state index in [-0.39, 0.29) is 23.4 Å². The summed E-state index contributed by atoms with van der Waals surface area (Å²) in [7, 11) is 0. The van der Waals surface area contributed by atoms with Crippen molar-refractivity contribution >= 4 is 28.5 Å². The molecule has 1 aliphatic carbocycles. The second-order valence-corrected chi connectivity index (χ2v) is 9.37. The third kappa shape index (κ3) is 4.46. The monoisotopic (exact) mass is 466 g/mol. The fourth-order valence-corrected chi connectivity index (χ4v) is 5.26. The van der Waals surface area contributed by atoms with Crippen LogP contribution in [0.4, 0.5) is 4.39 Å². The molecule has 1 atom stereocenters. The Balaban J connectivity index is 1.23. The number of nitriles is 1. The van der Waals surface area contributed by atoms with E-state index < -0.39 is 5.82 Å². The average molecular weight is 467 g/mol.